The maximum atomic E-state index is 13.9. The van der Waals surface area contributed by atoms with Crippen molar-refractivity contribution >= 4 is 35.0 Å². The van der Waals surface area contributed by atoms with Gasteiger partial charge in [0.1, 0.15) is 5.52 Å². The molecule has 2 nitrogen and oxygen atoms in total. The van der Waals surface area contributed by atoms with E-state index < -0.39 is 11.6 Å². The van der Waals surface area contributed by atoms with E-state index in [-0.39, 0.29) is 5.52 Å². The number of fused-ring (bicyclic) bond motifs is 1. The summed E-state index contributed by atoms with van der Waals surface area (Å²) in [6.07, 6.45) is 6.46. The average molecular weight is 316 g/mol. The van der Waals surface area contributed by atoms with Gasteiger partial charge in [-0.1, -0.05) is 12.8 Å². The number of nitrogens with zero attached hydrogens (tertiary/aromatic N) is 1. The Labute approximate surface area is 126 Å². The lowest BCUT2D eigenvalue weighted by atomic mass is 10.2. The smallest absolute Gasteiger partial charge is 0.184 e. The number of aromatic amines is 1. The highest BCUT2D eigenvalue weighted by molar-refractivity contribution is 7.98. The van der Waals surface area contributed by atoms with Crippen molar-refractivity contribution in [3.63, 3.8) is 0 Å². The zero-order valence-electron chi connectivity index (χ0n) is 11.4. The lowest BCUT2D eigenvalue weighted by Crippen LogP contribution is -2.00. The van der Waals surface area contributed by atoms with Gasteiger partial charge in [0.2, 0.25) is 0 Å². The molecule has 1 aromatic carbocycles. The van der Waals surface area contributed by atoms with E-state index in [4.69, 9.17) is 12.2 Å². The first-order valence-corrected chi connectivity index (χ1v) is 8.51. The molecule has 110 valence electrons. The summed E-state index contributed by atoms with van der Waals surface area (Å²) in [6.45, 7) is 0.623. The standard InChI is InChI=1S/C14H18F2N2S2/c1-20-9-5-3-2-4-8-18-13-11(17-14(18)19)7-6-10(15)12(13)16/h6-7H,2-5,8-9H2,1H3,(H,17,19). The lowest BCUT2D eigenvalue weighted by molar-refractivity contribution is 0.508. The second-order valence-corrected chi connectivity index (χ2v) is 6.12. The molecule has 0 amide bonds. The molecule has 0 unspecified atom stereocenters. The number of imidazole rings is 1. The van der Waals surface area contributed by atoms with Crippen LogP contribution in [0.2, 0.25) is 0 Å². The van der Waals surface area contributed by atoms with Crippen LogP contribution in [0.4, 0.5) is 8.78 Å². The number of halogens is 2. The first-order chi connectivity index (χ1) is 9.65. The van der Waals surface area contributed by atoms with E-state index in [1.165, 1.54) is 18.2 Å². The van der Waals surface area contributed by atoms with E-state index in [0.29, 0.717) is 16.8 Å². The molecule has 0 aliphatic rings. The Hall–Kier alpha value is -0.880. The molecule has 0 fully saturated rings. The van der Waals surface area contributed by atoms with Gasteiger partial charge in [0.15, 0.2) is 16.4 Å². The molecule has 0 spiro atoms. The minimum Gasteiger partial charge on any atom is -0.330 e. The van der Waals surface area contributed by atoms with Crippen LogP contribution in [-0.2, 0) is 6.54 Å². The molecule has 0 saturated carbocycles. The summed E-state index contributed by atoms with van der Waals surface area (Å²) in [6, 6.07) is 2.65. The van der Waals surface area contributed by atoms with Gasteiger partial charge in [-0.25, -0.2) is 8.78 Å². The molecule has 2 aromatic rings. The van der Waals surface area contributed by atoms with Gasteiger partial charge in [-0.15, -0.1) is 0 Å². The van der Waals surface area contributed by atoms with Crippen LogP contribution in [0.15, 0.2) is 12.1 Å². The first-order valence-electron chi connectivity index (χ1n) is 6.70. The summed E-state index contributed by atoms with van der Waals surface area (Å²) < 4.78 is 29.3. The van der Waals surface area contributed by atoms with Crippen molar-refractivity contribution in [2.75, 3.05) is 12.0 Å². The number of aromatic nitrogens is 2. The fraction of sp³-hybridized carbons (Fsp3) is 0.500. The van der Waals surface area contributed by atoms with Crippen LogP contribution in [0.25, 0.3) is 11.0 Å². The topological polar surface area (TPSA) is 20.7 Å². The van der Waals surface area contributed by atoms with Crippen molar-refractivity contribution < 1.29 is 8.78 Å². The number of nitrogens with one attached hydrogen (secondary N) is 1. The van der Waals surface area contributed by atoms with Gasteiger partial charge in [-0.05, 0) is 49.2 Å². The molecule has 20 heavy (non-hydrogen) atoms. The van der Waals surface area contributed by atoms with Gasteiger partial charge in [-0.3, -0.25) is 0 Å². The molecule has 1 N–H and O–H groups in total. The fourth-order valence-corrected chi connectivity index (χ4v) is 3.06. The molecule has 0 saturated heterocycles. The second kappa shape index (κ2) is 7.22. The summed E-state index contributed by atoms with van der Waals surface area (Å²) in [5.74, 6) is -0.482. The highest BCUT2D eigenvalue weighted by Crippen LogP contribution is 2.21. The summed E-state index contributed by atoms with van der Waals surface area (Å²) >= 11 is 7.04. The minimum atomic E-state index is -0.833. The van der Waals surface area contributed by atoms with Crippen molar-refractivity contribution in [2.24, 2.45) is 0 Å². The number of rotatable bonds is 7. The molecule has 0 aliphatic carbocycles. The largest absolute Gasteiger partial charge is 0.330 e. The predicted octanol–water partition coefficient (Wildman–Crippen LogP) is 4.90. The minimum absolute atomic E-state index is 0.249. The normalized spacial score (nSPS) is 11.3. The quantitative estimate of drug-likeness (QED) is 0.579. The average Bonchev–Trinajstić information content (AvgIpc) is 2.75. The van der Waals surface area contributed by atoms with Gasteiger partial charge in [0, 0.05) is 6.54 Å². The van der Waals surface area contributed by atoms with Gasteiger partial charge in [-0.2, -0.15) is 11.8 Å². The summed E-state index contributed by atoms with van der Waals surface area (Å²) in [5, 5.41) is 0. The van der Waals surface area contributed by atoms with Crippen molar-refractivity contribution in [2.45, 2.75) is 32.2 Å². The Balaban J connectivity index is 2.08. The third-order valence-corrected chi connectivity index (χ3v) is 4.33. The molecule has 6 heteroatoms. The molecular weight excluding hydrogens is 298 g/mol. The van der Waals surface area contributed by atoms with Gasteiger partial charge in [0.05, 0.1) is 5.52 Å². The monoisotopic (exact) mass is 316 g/mol. The number of aryl methyl sites for hydroxylation is 1. The van der Waals surface area contributed by atoms with Crippen LogP contribution < -0.4 is 0 Å². The fourth-order valence-electron chi connectivity index (χ4n) is 2.27. The number of benzene rings is 1. The van der Waals surface area contributed by atoms with Crippen LogP contribution in [0, 0.1) is 16.4 Å². The molecule has 0 atom stereocenters. The van der Waals surface area contributed by atoms with E-state index in [9.17, 15) is 8.78 Å². The third-order valence-electron chi connectivity index (χ3n) is 3.31. The van der Waals surface area contributed by atoms with Crippen molar-refractivity contribution in [1.82, 2.24) is 9.55 Å². The number of hydrogen-bond donors (Lipinski definition) is 1. The number of thioether (sulfide) groups is 1. The number of hydrogen-bond acceptors (Lipinski definition) is 2. The summed E-state index contributed by atoms with van der Waals surface area (Å²) in [4.78, 5) is 2.92. The van der Waals surface area contributed by atoms with Crippen LogP contribution in [-0.4, -0.2) is 21.6 Å². The zero-order valence-corrected chi connectivity index (χ0v) is 13.0. The second-order valence-electron chi connectivity index (χ2n) is 4.75. The molecule has 2 rings (SSSR count). The Morgan fingerprint density at radius 1 is 1.20 bits per heavy atom. The lowest BCUT2D eigenvalue weighted by Gasteiger charge is -2.05. The number of unbranched alkanes of at least 4 members (excludes halogenated alkanes) is 3. The molecular formula is C14H18F2N2S2. The van der Waals surface area contributed by atoms with Gasteiger partial charge < -0.3 is 9.55 Å². The molecule has 1 aromatic heterocycles. The molecule has 0 radical (unpaired) electrons. The van der Waals surface area contributed by atoms with Gasteiger partial charge >= 0.3 is 0 Å². The highest BCUT2D eigenvalue weighted by atomic mass is 32.2. The predicted molar refractivity (Wildman–Crippen MR) is 83.9 cm³/mol. The summed E-state index contributed by atoms with van der Waals surface area (Å²) in [5.41, 5.74) is 0.801. The van der Waals surface area contributed by atoms with Crippen LogP contribution in [0.5, 0.6) is 0 Å². The van der Waals surface area contributed by atoms with Crippen LogP contribution in [0.3, 0.4) is 0 Å². The number of H-pyrrole nitrogens is 1. The molecule has 1 heterocycles. The van der Waals surface area contributed by atoms with E-state index in [1.54, 1.807) is 4.57 Å². The van der Waals surface area contributed by atoms with Gasteiger partial charge in [0.25, 0.3) is 0 Å². The highest BCUT2D eigenvalue weighted by Gasteiger charge is 2.13. The SMILES string of the molecule is CSCCCCCCn1c(=S)[nH]c2ccc(F)c(F)c21. The van der Waals surface area contributed by atoms with E-state index >= 15 is 0 Å². The summed E-state index contributed by atoms with van der Waals surface area (Å²) in [7, 11) is 0. The van der Waals surface area contributed by atoms with E-state index in [1.807, 2.05) is 11.8 Å². The van der Waals surface area contributed by atoms with E-state index in [2.05, 4.69) is 11.2 Å². The van der Waals surface area contributed by atoms with Crippen LogP contribution >= 0.6 is 24.0 Å². The molecule has 0 aliphatic heterocycles. The Morgan fingerprint density at radius 2 is 1.95 bits per heavy atom. The maximum absolute atomic E-state index is 13.9. The van der Waals surface area contributed by atoms with E-state index in [0.717, 1.165) is 25.3 Å². The Kier molecular flexibility index (Phi) is 5.60. The van der Waals surface area contributed by atoms with Crippen molar-refractivity contribution in [3.8, 4) is 0 Å². The van der Waals surface area contributed by atoms with Crippen LogP contribution in [0.1, 0.15) is 25.7 Å². The molecule has 0 bridgehead atoms. The van der Waals surface area contributed by atoms with Crippen molar-refractivity contribution in [1.29, 1.82) is 0 Å². The maximum Gasteiger partial charge on any atom is 0.184 e. The first kappa shape index (κ1) is 15.5. The Bertz CT molecular complexity index is 634. The Morgan fingerprint density at radius 3 is 2.70 bits per heavy atom. The van der Waals surface area contributed by atoms with Crippen molar-refractivity contribution in [3.05, 3.63) is 28.5 Å². The zero-order chi connectivity index (χ0) is 14.5. The third kappa shape index (κ3) is 3.41.